The molecule has 2 aliphatic heterocycles. The number of nitrogens with zero attached hydrogens (tertiary/aromatic N) is 2. The van der Waals surface area contributed by atoms with E-state index in [4.69, 9.17) is 0 Å². The number of fused-ring (bicyclic) bond motifs is 1. The number of amides is 3. The van der Waals surface area contributed by atoms with E-state index >= 15 is 0 Å². The van der Waals surface area contributed by atoms with Crippen molar-refractivity contribution in [3.05, 3.63) is 35.4 Å². The van der Waals surface area contributed by atoms with Gasteiger partial charge in [0.2, 0.25) is 5.91 Å². The summed E-state index contributed by atoms with van der Waals surface area (Å²) in [5.41, 5.74) is 0.733. The number of piperidine rings is 1. The maximum absolute atomic E-state index is 13.2. The van der Waals surface area contributed by atoms with Crippen LogP contribution in [-0.4, -0.2) is 58.4 Å². The molecule has 2 aliphatic rings. The van der Waals surface area contributed by atoms with Gasteiger partial charge in [-0.3, -0.25) is 19.3 Å². The Morgan fingerprint density at radius 2 is 1.81 bits per heavy atom. The van der Waals surface area contributed by atoms with Crippen molar-refractivity contribution in [2.24, 2.45) is 11.8 Å². The molecule has 0 aliphatic carbocycles. The average Bonchev–Trinajstić information content (AvgIpc) is 2.90. The van der Waals surface area contributed by atoms with E-state index in [1.54, 1.807) is 29.2 Å². The van der Waals surface area contributed by atoms with Crippen LogP contribution in [0.15, 0.2) is 24.3 Å². The van der Waals surface area contributed by atoms with Crippen molar-refractivity contribution < 1.29 is 19.5 Å². The normalized spacial score (nSPS) is 21.3. The third-order valence-electron chi connectivity index (χ3n) is 5.21. The number of hydrogen-bond donors (Lipinski definition) is 1. The Morgan fingerprint density at radius 1 is 1.19 bits per heavy atom. The molecule has 1 fully saturated rings. The van der Waals surface area contributed by atoms with Gasteiger partial charge in [0, 0.05) is 19.7 Å². The van der Waals surface area contributed by atoms with Crippen LogP contribution < -0.4 is 0 Å². The molecule has 3 amide bonds. The first-order valence-corrected chi connectivity index (χ1v) is 9.30. The molecule has 2 atom stereocenters. The summed E-state index contributed by atoms with van der Waals surface area (Å²) < 4.78 is 0. The lowest BCUT2D eigenvalue weighted by molar-refractivity contribution is -0.138. The van der Waals surface area contributed by atoms with Gasteiger partial charge >= 0.3 is 0 Å². The molecule has 26 heavy (non-hydrogen) atoms. The molecule has 2 heterocycles. The predicted octanol–water partition coefficient (Wildman–Crippen LogP) is 1.93. The quantitative estimate of drug-likeness (QED) is 0.816. The summed E-state index contributed by atoms with van der Waals surface area (Å²) in [7, 11) is 0. The fourth-order valence-corrected chi connectivity index (χ4v) is 3.88. The molecule has 0 saturated carbocycles. The lowest BCUT2D eigenvalue weighted by Crippen LogP contribution is -2.53. The second kappa shape index (κ2) is 7.58. The molecule has 1 N–H and O–H groups in total. The average molecular weight is 358 g/mol. The number of aliphatic hydroxyl groups excluding tert-OH is 1. The lowest BCUT2D eigenvalue weighted by Gasteiger charge is -2.36. The number of carbonyl (C=O) groups is 3. The van der Waals surface area contributed by atoms with Crippen molar-refractivity contribution in [3.8, 4) is 0 Å². The Balaban J connectivity index is 1.88. The van der Waals surface area contributed by atoms with Gasteiger partial charge in [-0.25, -0.2) is 0 Å². The summed E-state index contributed by atoms with van der Waals surface area (Å²) in [5, 5.41) is 9.43. The Bertz CT molecular complexity index is 681. The van der Waals surface area contributed by atoms with E-state index in [0.29, 0.717) is 30.6 Å². The molecule has 0 spiro atoms. The molecule has 2 unspecified atom stereocenters. The second-order valence-corrected chi connectivity index (χ2v) is 7.65. The number of benzene rings is 1. The van der Waals surface area contributed by atoms with Crippen LogP contribution in [0.2, 0.25) is 0 Å². The highest BCUT2D eigenvalue weighted by Gasteiger charge is 2.44. The number of hydrogen-bond acceptors (Lipinski definition) is 4. The zero-order chi connectivity index (χ0) is 18.8. The van der Waals surface area contributed by atoms with Gasteiger partial charge in [0.1, 0.15) is 6.04 Å². The molecule has 0 bridgehead atoms. The molecule has 6 heteroatoms. The van der Waals surface area contributed by atoms with Crippen molar-refractivity contribution in [1.82, 2.24) is 9.80 Å². The van der Waals surface area contributed by atoms with E-state index in [0.717, 1.165) is 17.7 Å². The molecular weight excluding hydrogens is 332 g/mol. The van der Waals surface area contributed by atoms with Gasteiger partial charge in [-0.1, -0.05) is 26.0 Å². The van der Waals surface area contributed by atoms with Gasteiger partial charge in [0.05, 0.1) is 11.1 Å². The van der Waals surface area contributed by atoms with Crippen molar-refractivity contribution in [2.45, 2.75) is 39.2 Å². The fourth-order valence-electron chi connectivity index (χ4n) is 3.88. The first-order valence-electron chi connectivity index (χ1n) is 9.30. The molecule has 1 aromatic rings. The van der Waals surface area contributed by atoms with Crippen LogP contribution in [0.4, 0.5) is 0 Å². The minimum atomic E-state index is -0.792. The molecule has 0 aromatic heterocycles. The van der Waals surface area contributed by atoms with E-state index in [9.17, 15) is 19.5 Å². The second-order valence-electron chi connectivity index (χ2n) is 7.65. The maximum atomic E-state index is 13.2. The van der Waals surface area contributed by atoms with Crippen LogP contribution in [0, 0.1) is 11.8 Å². The number of carbonyl (C=O) groups excluding carboxylic acids is 3. The molecule has 1 aromatic carbocycles. The highest BCUT2D eigenvalue weighted by molar-refractivity contribution is 6.22. The van der Waals surface area contributed by atoms with Gasteiger partial charge in [-0.05, 0) is 43.2 Å². The molecule has 0 radical (unpaired) electrons. The topological polar surface area (TPSA) is 77.9 Å². The number of rotatable bonds is 5. The van der Waals surface area contributed by atoms with Gasteiger partial charge in [-0.15, -0.1) is 0 Å². The first-order chi connectivity index (χ1) is 12.4. The van der Waals surface area contributed by atoms with Crippen molar-refractivity contribution >= 4 is 17.7 Å². The van der Waals surface area contributed by atoms with Gasteiger partial charge in [0.15, 0.2) is 0 Å². The Hall–Kier alpha value is -2.21. The van der Waals surface area contributed by atoms with Gasteiger partial charge in [0.25, 0.3) is 11.8 Å². The van der Waals surface area contributed by atoms with Crippen LogP contribution in [-0.2, 0) is 4.79 Å². The summed E-state index contributed by atoms with van der Waals surface area (Å²) in [5.74, 6) is -0.742. The molecular formula is C20H26N2O4. The van der Waals surface area contributed by atoms with Gasteiger partial charge < -0.3 is 10.0 Å². The summed E-state index contributed by atoms with van der Waals surface area (Å²) in [6.45, 7) is 5.09. The zero-order valence-corrected chi connectivity index (χ0v) is 15.4. The largest absolute Gasteiger partial charge is 0.396 e. The number of likely N-dealkylation sites (tertiary alicyclic amines) is 1. The van der Waals surface area contributed by atoms with Crippen LogP contribution in [0.25, 0.3) is 0 Å². The SMILES string of the molecule is CC(C)CC(C(=O)N1CCCC(CO)C1)N1C(=O)c2ccccc2C1=O. The minimum absolute atomic E-state index is 0.0473. The molecule has 140 valence electrons. The first kappa shape index (κ1) is 18.6. The maximum Gasteiger partial charge on any atom is 0.262 e. The predicted molar refractivity (Wildman–Crippen MR) is 96.6 cm³/mol. The van der Waals surface area contributed by atoms with Crippen LogP contribution in [0.1, 0.15) is 53.8 Å². The smallest absolute Gasteiger partial charge is 0.262 e. The van der Waals surface area contributed by atoms with E-state index in [1.807, 2.05) is 13.8 Å². The van der Waals surface area contributed by atoms with Crippen LogP contribution >= 0.6 is 0 Å². The Labute approximate surface area is 153 Å². The molecule has 6 nitrogen and oxygen atoms in total. The summed E-state index contributed by atoms with van der Waals surface area (Å²) in [6.07, 6.45) is 2.15. The van der Waals surface area contributed by atoms with Gasteiger partial charge in [-0.2, -0.15) is 0 Å². The number of aliphatic hydroxyl groups is 1. The standard InChI is InChI=1S/C20H26N2O4/c1-13(2)10-17(20(26)21-9-5-6-14(11-21)12-23)22-18(24)15-7-3-4-8-16(15)19(22)25/h3-4,7-8,13-14,17,23H,5-6,9-12H2,1-2H3. The fraction of sp³-hybridized carbons (Fsp3) is 0.550. The highest BCUT2D eigenvalue weighted by Crippen LogP contribution is 2.28. The minimum Gasteiger partial charge on any atom is -0.396 e. The zero-order valence-electron chi connectivity index (χ0n) is 15.4. The monoisotopic (exact) mass is 358 g/mol. The van der Waals surface area contributed by atoms with Crippen LogP contribution in [0.5, 0.6) is 0 Å². The Kier molecular flexibility index (Phi) is 5.41. The van der Waals surface area contributed by atoms with Crippen LogP contribution in [0.3, 0.4) is 0 Å². The van der Waals surface area contributed by atoms with Crippen molar-refractivity contribution in [1.29, 1.82) is 0 Å². The highest BCUT2D eigenvalue weighted by atomic mass is 16.3. The lowest BCUT2D eigenvalue weighted by atomic mass is 9.96. The van der Waals surface area contributed by atoms with Crippen molar-refractivity contribution in [3.63, 3.8) is 0 Å². The summed E-state index contributed by atoms with van der Waals surface area (Å²) in [6, 6.07) is 5.93. The van der Waals surface area contributed by atoms with E-state index in [-0.39, 0.29) is 36.2 Å². The van der Waals surface area contributed by atoms with Crippen molar-refractivity contribution in [2.75, 3.05) is 19.7 Å². The van der Waals surface area contributed by atoms with E-state index < -0.39 is 6.04 Å². The third kappa shape index (κ3) is 3.38. The number of imide groups is 1. The van der Waals surface area contributed by atoms with E-state index in [1.165, 1.54) is 0 Å². The summed E-state index contributed by atoms with van der Waals surface area (Å²) in [4.78, 5) is 41.7. The molecule has 3 rings (SSSR count). The molecule has 1 saturated heterocycles. The Morgan fingerprint density at radius 3 is 2.35 bits per heavy atom. The van der Waals surface area contributed by atoms with E-state index in [2.05, 4.69) is 0 Å². The third-order valence-corrected chi connectivity index (χ3v) is 5.21. The summed E-state index contributed by atoms with van der Waals surface area (Å²) >= 11 is 0.